The summed E-state index contributed by atoms with van der Waals surface area (Å²) in [4.78, 5) is 34.6. The van der Waals surface area contributed by atoms with Crippen LogP contribution < -0.4 is 0 Å². The van der Waals surface area contributed by atoms with Crippen LogP contribution in [0.2, 0.25) is 0 Å². The minimum atomic E-state index is 0.480. The summed E-state index contributed by atoms with van der Waals surface area (Å²) in [5, 5.41) is 0. The third-order valence-electron chi connectivity index (χ3n) is 5.81. The van der Waals surface area contributed by atoms with Crippen molar-refractivity contribution in [3.05, 3.63) is 106 Å². The molecular weight excluding hydrogens is 470 g/mol. The Morgan fingerprint density at radius 3 is 0.973 bits per heavy atom. The quantitative estimate of drug-likeness (QED) is 0.188. The Bertz CT molecular complexity index is 939. The third-order valence-corrected chi connectivity index (χ3v) is 5.81. The summed E-state index contributed by atoms with van der Waals surface area (Å²) in [6.45, 7) is 5.26. The maximum absolute atomic E-state index is 10.8. The standard InChI is InChI=1S/C30H33NO6/c32-19-25-1-7-28(8-2-25)22-35-16-13-31(14-17-36-23-29-9-3-26(20-33)4-10-29)15-18-37-24-30-11-5-27(21-34)6-12-30/h1-12,19-21H,13-18,22-24H2. The second-order valence-corrected chi connectivity index (χ2v) is 8.58. The fourth-order valence-electron chi connectivity index (χ4n) is 3.56. The molecule has 0 bridgehead atoms. The zero-order valence-corrected chi connectivity index (χ0v) is 20.9. The zero-order valence-electron chi connectivity index (χ0n) is 20.9. The number of hydrogen-bond acceptors (Lipinski definition) is 7. The van der Waals surface area contributed by atoms with Gasteiger partial charge in [-0.2, -0.15) is 0 Å². The summed E-state index contributed by atoms with van der Waals surface area (Å²) < 4.78 is 17.5. The van der Waals surface area contributed by atoms with E-state index >= 15 is 0 Å². The second-order valence-electron chi connectivity index (χ2n) is 8.58. The van der Waals surface area contributed by atoms with Crippen molar-refractivity contribution in [3.63, 3.8) is 0 Å². The van der Waals surface area contributed by atoms with Crippen molar-refractivity contribution < 1.29 is 28.6 Å². The van der Waals surface area contributed by atoms with Gasteiger partial charge in [0.1, 0.15) is 18.9 Å². The van der Waals surface area contributed by atoms with Gasteiger partial charge >= 0.3 is 0 Å². The van der Waals surface area contributed by atoms with Crippen LogP contribution in [0.15, 0.2) is 72.8 Å². The van der Waals surface area contributed by atoms with Gasteiger partial charge in [-0.1, -0.05) is 72.8 Å². The first kappa shape index (κ1) is 28.1. The van der Waals surface area contributed by atoms with E-state index in [0.717, 1.165) is 55.2 Å². The highest BCUT2D eigenvalue weighted by Gasteiger charge is 2.07. The average molecular weight is 504 g/mol. The van der Waals surface area contributed by atoms with Gasteiger partial charge in [-0.25, -0.2) is 0 Å². The molecule has 0 fully saturated rings. The number of hydrogen-bond donors (Lipinski definition) is 0. The number of aldehydes is 3. The van der Waals surface area contributed by atoms with Gasteiger partial charge in [0.25, 0.3) is 0 Å². The lowest BCUT2D eigenvalue weighted by atomic mass is 10.2. The van der Waals surface area contributed by atoms with Crippen molar-refractivity contribution in [2.45, 2.75) is 19.8 Å². The van der Waals surface area contributed by atoms with E-state index < -0.39 is 0 Å². The Balaban J connectivity index is 1.41. The SMILES string of the molecule is O=Cc1ccc(COCCN(CCOCc2ccc(C=O)cc2)CCOCc2ccc(C=O)cc2)cc1. The molecule has 0 aliphatic heterocycles. The molecule has 0 saturated carbocycles. The van der Waals surface area contributed by atoms with Gasteiger partial charge in [0.15, 0.2) is 0 Å². The lowest BCUT2D eigenvalue weighted by Crippen LogP contribution is -2.34. The molecule has 0 N–H and O–H groups in total. The molecule has 3 rings (SSSR count). The predicted octanol–water partition coefficient (Wildman–Crippen LogP) is 4.38. The molecule has 0 aliphatic carbocycles. The Hall–Kier alpha value is -3.49. The van der Waals surface area contributed by atoms with Gasteiger partial charge in [-0.15, -0.1) is 0 Å². The van der Waals surface area contributed by atoms with E-state index in [9.17, 15) is 14.4 Å². The minimum Gasteiger partial charge on any atom is -0.375 e. The molecule has 7 nitrogen and oxygen atoms in total. The minimum absolute atomic E-state index is 0.480. The van der Waals surface area contributed by atoms with E-state index in [-0.39, 0.29) is 0 Å². The molecular formula is C30H33NO6. The smallest absolute Gasteiger partial charge is 0.150 e. The molecule has 3 aromatic carbocycles. The van der Waals surface area contributed by atoms with Crippen molar-refractivity contribution in [2.75, 3.05) is 39.5 Å². The molecule has 0 amide bonds. The van der Waals surface area contributed by atoms with Crippen molar-refractivity contribution >= 4 is 18.9 Å². The van der Waals surface area contributed by atoms with Crippen LogP contribution in [0.1, 0.15) is 47.8 Å². The lowest BCUT2D eigenvalue weighted by molar-refractivity contribution is 0.0426. The van der Waals surface area contributed by atoms with Crippen LogP contribution in [0.25, 0.3) is 0 Å². The van der Waals surface area contributed by atoms with Crippen molar-refractivity contribution in [1.29, 1.82) is 0 Å². The molecule has 3 aromatic rings. The highest BCUT2D eigenvalue weighted by Crippen LogP contribution is 2.07. The number of carbonyl (C=O) groups is 3. The van der Waals surface area contributed by atoms with Crippen LogP contribution in [0.5, 0.6) is 0 Å². The third kappa shape index (κ3) is 10.6. The highest BCUT2D eigenvalue weighted by atomic mass is 16.5. The van der Waals surface area contributed by atoms with Gasteiger partial charge < -0.3 is 14.2 Å². The fraction of sp³-hybridized carbons (Fsp3) is 0.300. The molecule has 7 heteroatoms. The summed E-state index contributed by atoms with van der Waals surface area (Å²) >= 11 is 0. The second kappa shape index (κ2) is 16.3. The summed E-state index contributed by atoms with van der Waals surface area (Å²) in [7, 11) is 0. The van der Waals surface area contributed by atoms with E-state index in [2.05, 4.69) is 4.90 Å². The molecule has 0 radical (unpaired) electrons. The fourth-order valence-corrected chi connectivity index (χ4v) is 3.56. The summed E-state index contributed by atoms with van der Waals surface area (Å²) in [5.41, 5.74) is 5.00. The van der Waals surface area contributed by atoms with Crippen LogP contribution in [0, 0.1) is 0 Å². The van der Waals surface area contributed by atoms with Gasteiger partial charge in [0.05, 0.1) is 39.6 Å². The van der Waals surface area contributed by atoms with E-state index in [1.807, 2.05) is 36.4 Å². The largest absolute Gasteiger partial charge is 0.375 e. The molecule has 0 atom stereocenters. The van der Waals surface area contributed by atoms with Crippen molar-refractivity contribution in [3.8, 4) is 0 Å². The number of carbonyl (C=O) groups excluding carboxylic acids is 3. The highest BCUT2D eigenvalue weighted by molar-refractivity contribution is 5.75. The molecule has 194 valence electrons. The van der Waals surface area contributed by atoms with Crippen LogP contribution in [-0.4, -0.2) is 63.2 Å². The van der Waals surface area contributed by atoms with Gasteiger partial charge in [0.2, 0.25) is 0 Å². The van der Waals surface area contributed by atoms with E-state index in [0.29, 0.717) is 56.3 Å². The molecule has 0 spiro atoms. The first-order valence-corrected chi connectivity index (χ1v) is 12.3. The number of rotatable bonds is 18. The predicted molar refractivity (Wildman–Crippen MR) is 141 cm³/mol. The van der Waals surface area contributed by atoms with Crippen molar-refractivity contribution in [1.82, 2.24) is 4.90 Å². The van der Waals surface area contributed by atoms with Crippen molar-refractivity contribution in [2.24, 2.45) is 0 Å². The maximum Gasteiger partial charge on any atom is 0.150 e. The zero-order chi connectivity index (χ0) is 26.1. The van der Waals surface area contributed by atoms with Crippen LogP contribution in [0.3, 0.4) is 0 Å². The molecule has 37 heavy (non-hydrogen) atoms. The Labute approximate surface area is 218 Å². The lowest BCUT2D eigenvalue weighted by Gasteiger charge is -2.22. The van der Waals surface area contributed by atoms with E-state index in [1.165, 1.54) is 0 Å². The Kier molecular flexibility index (Phi) is 12.4. The Morgan fingerprint density at radius 1 is 0.459 bits per heavy atom. The summed E-state index contributed by atoms with van der Waals surface area (Å²) in [6, 6.07) is 22.1. The van der Waals surface area contributed by atoms with E-state index in [1.54, 1.807) is 36.4 Å². The van der Waals surface area contributed by atoms with Gasteiger partial charge in [0, 0.05) is 36.3 Å². The van der Waals surface area contributed by atoms with Crippen LogP contribution in [-0.2, 0) is 34.0 Å². The maximum atomic E-state index is 10.8. The van der Waals surface area contributed by atoms with Crippen LogP contribution in [0.4, 0.5) is 0 Å². The normalized spacial score (nSPS) is 10.9. The number of nitrogens with zero attached hydrogens (tertiary/aromatic N) is 1. The number of ether oxygens (including phenoxy) is 3. The average Bonchev–Trinajstić information content (AvgIpc) is 2.96. The molecule has 0 unspecified atom stereocenters. The molecule has 0 aliphatic rings. The Morgan fingerprint density at radius 2 is 0.730 bits per heavy atom. The first-order valence-electron chi connectivity index (χ1n) is 12.3. The molecule has 0 saturated heterocycles. The first-order chi connectivity index (χ1) is 18.2. The van der Waals surface area contributed by atoms with Gasteiger partial charge in [-0.05, 0) is 16.7 Å². The molecule has 0 heterocycles. The summed E-state index contributed by atoms with van der Waals surface area (Å²) in [6.07, 6.45) is 2.48. The topological polar surface area (TPSA) is 82.1 Å². The summed E-state index contributed by atoms with van der Waals surface area (Å²) in [5.74, 6) is 0. The monoisotopic (exact) mass is 503 g/mol. The molecule has 0 aromatic heterocycles. The van der Waals surface area contributed by atoms with E-state index in [4.69, 9.17) is 14.2 Å². The van der Waals surface area contributed by atoms with Gasteiger partial charge in [-0.3, -0.25) is 19.3 Å². The number of benzene rings is 3. The van der Waals surface area contributed by atoms with Crippen LogP contribution >= 0.6 is 0 Å².